The van der Waals surface area contributed by atoms with Gasteiger partial charge in [-0.3, -0.25) is 0 Å². The highest BCUT2D eigenvalue weighted by atomic mass is 79.9. The lowest BCUT2D eigenvalue weighted by atomic mass is 9.62. The van der Waals surface area contributed by atoms with E-state index in [9.17, 15) is 0 Å². The van der Waals surface area contributed by atoms with E-state index in [0.717, 1.165) is 31.7 Å². The topological polar surface area (TPSA) is 8.17 Å². The predicted octanol–water partition coefficient (Wildman–Crippen LogP) is 12.8. The van der Waals surface area contributed by atoms with E-state index in [0.29, 0.717) is 0 Å². The Labute approximate surface area is 297 Å². The maximum atomic E-state index is 3.85. The molecule has 8 aromatic rings. The molecule has 0 amide bonds. The van der Waals surface area contributed by atoms with Crippen LogP contribution in [0.4, 0.5) is 17.1 Å². The van der Waals surface area contributed by atoms with E-state index in [1.165, 1.54) is 49.6 Å². The number of nitrogens with zero attached hydrogens (tertiary/aromatic N) is 2. The summed E-state index contributed by atoms with van der Waals surface area (Å²) < 4.78 is 4.52. The van der Waals surface area contributed by atoms with Crippen LogP contribution in [-0.2, 0) is 5.41 Å². The minimum absolute atomic E-state index is 0.621. The van der Waals surface area contributed by atoms with Crippen molar-refractivity contribution in [2.75, 3.05) is 4.90 Å². The van der Waals surface area contributed by atoms with Gasteiger partial charge >= 0.3 is 0 Å². The van der Waals surface area contributed by atoms with Crippen molar-refractivity contribution in [2.45, 2.75) is 12.3 Å². The lowest BCUT2D eigenvalue weighted by molar-refractivity contribution is 0.731. The maximum absolute atomic E-state index is 3.85. The monoisotopic (exact) mass is 744 g/mol. The van der Waals surface area contributed by atoms with Crippen LogP contribution in [0.5, 0.6) is 0 Å². The molecule has 0 spiro atoms. The highest BCUT2D eigenvalue weighted by Crippen LogP contribution is 2.59. The molecule has 230 valence electrons. The average molecular weight is 747 g/mol. The van der Waals surface area contributed by atoms with Gasteiger partial charge in [-0.2, -0.15) is 0 Å². The highest BCUT2D eigenvalue weighted by molar-refractivity contribution is 9.10. The Morgan fingerprint density at radius 1 is 0.458 bits per heavy atom. The molecule has 0 bridgehead atoms. The molecule has 2 nitrogen and oxygen atoms in total. The summed E-state index contributed by atoms with van der Waals surface area (Å²) in [5, 5.41) is 2.46. The van der Waals surface area contributed by atoms with Gasteiger partial charge in [0.1, 0.15) is 0 Å². The van der Waals surface area contributed by atoms with Gasteiger partial charge < -0.3 is 9.47 Å². The first-order valence-electron chi connectivity index (χ1n) is 16.2. The molecular formula is C44H30Br2N2. The van der Waals surface area contributed by atoms with Crippen molar-refractivity contribution in [2.24, 2.45) is 0 Å². The molecule has 4 heteroatoms. The van der Waals surface area contributed by atoms with Crippen molar-refractivity contribution in [1.82, 2.24) is 4.57 Å². The number of aryl methyl sites for hydroxylation is 1. The van der Waals surface area contributed by atoms with E-state index in [-0.39, 0.29) is 0 Å². The van der Waals surface area contributed by atoms with Crippen LogP contribution >= 0.6 is 31.9 Å². The van der Waals surface area contributed by atoms with E-state index in [1.807, 2.05) is 0 Å². The Morgan fingerprint density at radius 3 is 1.83 bits per heavy atom. The second-order valence-electron chi connectivity index (χ2n) is 12.5. The van der Waals surface area contributed by atoms with Gasteiger partial charge in [0.25, 0.3) is 0 Å². The van der Waals surface area contributed by atoms with E-state index < -0.39 is 5.41 Å². The summed E-state index contributed by atoms with van der Waals surface area (Å²) in [6.07, 6.45) is 0. The number of aromatic nitrogens is 1. The number of benzene rings is 7. The standard InChI is InChI=1S/C44H30Br2N2/c1-29-12-9-19-35(24-29)48-41-23-8-6-21-38(41)44(30-13-10-15-32(45)25-30,31-14-11-16-33(46)26-31)39-27-37-36-20-5-7-22-40(36)47(42(37)28-43(39)48)34-17-3-2-4-18-34/h2-28H,1H3. The van der Waals surface area contributed by atoms with Crippen LogP contribution in [0.1, 0.15) is 27.8 Å². The van der Waals surface area contributed by atoms with Crippen LogP contribution in [0.25, 0.3) is 27.5 Å². The minimum atomic E-state index is -0.621. The van der Waals surface area contributed by atoms with E-state index in [2.05, 4.69) is 212 Å². The summed E-state index contributed by atoms with van der Waals surface area (Å²) in [7, 11) is 0. The summed E-state index contributed by atoms with van der Waals surface area (Å²) in [4.78, 5) is 2.47. The minimum Gasteiger partial charge on any atom is -0.310 e. The molecule has 1 aromatic heterocycles. The molecule has 0 N–H and O–H groups in total. The van der Waals surface area contributed by atoms with Crippen LogP contribution in [0.15, 0.2) is 173 Å². The molecule has 2 heterocycles. The fourth-order valence-electron chi connectivity index (χ4n) is 7.88. The van der Waals surface area contributed by atoms with Crippen molar-refractivity contribution in [1.29, 1.82) is 0 Å². The van der Waals surface area contributed by atoms with Gasteiger partial charge in [0.15, 0.2) is 0 Å². The van der Waals surface area contributed by atoms with Crippen LogP contribution in [0, 0.1) is 6.92 Å². The van der Waals surface area contributed by atoms with Crippen molar-refractivity contribution in [3.63, 3.8) is 0 Å². The Balaban J connectivity index is 1.52. The molecule has 1 aliphatic rings. The predicted molar refractivity (Wildman–Crippen MR) is 207 cm³/mol. The lowest BCUT2D eigenvalue weighted by Gasteiger charge is -2.46. The second kappa shape index (κ2) is 11.4. The van der Waals surface area contributed by atoms with Crippen molar-refractivity contribution >= 4 is 70.7 Å². The second-order valence-corrected chi connectivity index (χ2v) is 14.4. The fourth-order valence-corrected chi connectivity index (χ4v) is 8.68. The Hall–Kier alpha value is -4.90. The summed E-state index contributed by atoms with van der Waals surface area (Å²) in [5.74, 6) is 0. The summed E-state index contributed by atoms with van der Waals surface area (Å²) in [6, 6.07) is 59.9. The zero-order chi connectivity index (χ0) is 32.4. The largest absolute Gasteiger partial charge is 0.310 e. The maximum Gasteiger partial charge on any atom is 0.0743 e. The van der Waals surface area contributed by atoms with Gasteiger partial charge in [-0.15, -0.1) is 0 Å². The first-order chi connectivity index (χ1) is 23.5. The third-order valence-corrected chi connectivity index (χ3v) is 10.8. The van der Waals surface area contributed by atoms with Gasteiger partial charge in [-0.1, -0.05) is 123 Å². The van der Waals surface area contributed by atoms with Crippen LogP contribution in [0.3, 0.4) is 0 Å². The van der Waals surface area contributed by atoms with E-state index in [1.54, 1.807) is 0 Å². The van der Waals surface area contributed by atoms with E-state index >= 15 is 0 Å². The quantitative estimate of drug-likeness (QED) is 0.174. The number of para-hydroxylation sites is 3. The number of rotatable bonds is 4. The summed E-state index contributed by atoms with van der Waals surface area (Å²) >= 11 is 7.71. The van der Waals surface area contributed by atoms with Crippen LogP contribution in [0.2, 0.25) is 0 Å². The molecule has 0 atom stereocenters. The number of halogens is 2. The number of hydrogen-bond acceptors (Lipinski definition) is 1. The van der Waals surface area contributed by atoms with Crippen molar-refractivity contribution in [3.05, 3.63) is 201 Å². The molecule has 0 saturated carbocycles. The number of hydrogen-bond donors (Lipinski definition) is 0. The summed E-state index contributed by atoms with van der Waals surface area (Å²) in [5.41, 5.74) is 12.5. The Kier molecular flexibility index (Phi) is 6.93. The van der Waals surface area contributed by atoms with Gasteiger partial charge in [-0.25, -0.2) is 0 Å². The smallest absolute Gasteiger partial charge is 0.0743 e. The normalized spacial score (nSPS) is 13.4. The number of anilines is 3. The molecule has 0 aliphatic carbocycles. The first-order valence-corrected chi connectivity index (χ1v) is 17.7. The third kappa shape index (κ3) is 4.36. The molecule has 0 unspecified atom stereocenters. The summed E-state index contributed by atoms with van der Waals surface area (Å²) in [6.45, 7) is 2.17. The average Bonchev–Trinajstić information content (AvgIpc) is 3.43. The highest BCUT2D eigenvalue weighted by Gasteiger charge is 2.47. The van der Waals surface area contributed by atoms with Crippen molar-refractivity contribution < 1.29 is 0 Å². The molecule has 48 heavy (non-hydrogen) atoms. The first kappa shape index (κ1) is 29.3. The van der Waals surface area contributed by atoms with Gasteiger partial charge in [-0.05, 0) is 108 Å². The zero-order valence-electron chi connectivity index (χ0n) is 26.2. The lowest BCUT2D eigenvalue weighted by Crippen LogP contribution is -2.37. The third-order valence-electron chi connectivity index (χ3n) is 9.77. The Bertz CT molecular complexity index is 2470. The SMILES string of the molecule is Cc1cccc(N2c3ccccc3C(c3cccc(Br)c3)(c3cccc(Br)c3)c3cc4c5ccccc5n(-c5ccccc5)c4cc32)c1. The Morgan fingerprint density at radius 2 is 1.10 bits per heavy atom. The molecule has 7 aromatic carbocycles. The van der Waals surface area contributed by atoms with Crippen molar-refractivity contribution in [3.8, 4) is 5.69 Å². The van der Waals surface area contributed by atoms with E-state index in [4.69, 9.17) is 0 Å². The number of fused-ring (bicyclic) bond motifs is 5. The van der Waals surface area contributed by atoms with Crippen LogP contribution < -0.4 is 4.90 Å². The van der Waals surface area contributed by atoms with Gasteiger partial charge in [0.05, 0.1) is 27.8 Å². The fraction of sp³-hybridized carbons (Fsp3) is 0.0455. The van der Waals surface area contributed by atoms with Gasteiger partial charge in [0.2, 0.25) is 0 Å². The molecule has 0 saturated heterocycles. The molecule has 1 aliphatic heterocycles. The zero-order valence-corrected chi connectivity index (χ0v) is 29.4. The molecule has 0 radical (unpaired) electrons. The van der Waals surface area contributed by atoms with Gasteiger partial charge in [0, 0.05) is 31.1 Å². The molecule has 0 fully saturated rings. The molecule has 9 rings (SSSR count). The molecular weight excluding hydrogens is 716 g/mol. The van der Waals surface area contributed by atoms with Crippen LogP contribution in [-0.4, -0.2) is 4.57 Å².